The van der Waals surface area contributed by atoms with Crippen molar-refractivity contribution in [3.05, 3.63) is 257 Å². The second-order valence-corrected chi connectivity index (χ2v) is 33.9. The van der Waals surface area contributed by atoms with E-state index in [9.17, 15) is 5.26 Å². The van der Waals surface area contributed by atoms with Crippen LogP contribution in [0.1, 0.15) is 164 Å². The Balaban J connectivity index is 1.08. The van der Waals surface area contributed by atoms with Gasteiger partial charge >= 0.3 is 0 Å². The number of nitrogens with zero attached hydrogens (tertiary/aromatic N) is 5. The Morgan fingerprint density at radius 1 is 0.289 bits per heavy atom. The Morgan fingerprint density at radius 3 is 1.28 bits per heavy atom. The standard InChI is InChI=1S/C91H90BN5/c1-86(2,3)59-36-42-78(68(49-59)56-27-20-19-21-28-56)97-82-54-65(94-79-43-37-60(87(4,5)6)50-69(79)70-51-61(88(7,8)9)38-44-80(70)94)39-41-73(82)92-72-40-35-57(58-45-62(89(10,11)12)48-63(46-58)90(13,14)15)47-81(72)96(83-52-64(91(16,17)18)53-84(97)85(83)92)77-34-26-33-76(71(77)55-93)95-74-31-24-22-29-66(74)67-30-23-25-32-75(67)95/h19-54H,1-18H3. The molecule has 0 saturated heterocycles. The minimum absolute atomic E-state index is 0.0441. The van der Waals surface area contributed by atoms with Gasteiger partial charge in [0, 0.05) is 55.5 Å². The van der Waals surface area contributed by atoms with E-state index in [1.54, 1.807) is 0 Å². The number of hydrogen-bond acceptors (Lipinski definition) is 3. The van der Waals surface area contributed by atoms with Crippen LogP contribution in [0.4, 0.5) is 34.1 Å². The summed E-state index contributed by atoms with van der Waals surface area (Å²) in [6.07, 6.45) is 0. The molecule has 0 radical (unpaired) electrons. The van der Waals surface area contributed by atoms with Gasteiger partial charge in [-0.2, -0.15) is 5.26 Å². The van der Waals surface area contributed by atoms with E-state index < -0.39 is 0 Å². The second kappa shape index (κ2) is 22.1. The topological polar surface area (TPSA) is 40.1 Å². The molecule has 0 amide bonds. The van der Waals surface area contributed by atoms with Gasteiger partial charge in [-0.05, 0) is 190 Å². The quantitative estimate of drug-likeness (QED) is 0.156. The fourth-order valence-corrected chi connectivity index (χ4v) is 15.4. The summed E-state index contributed by atoms with van der Waals surface area (Å²) < 4.78 is 4.85. The zero-order chi connectivity index (χ0) is 68.4. The largest absolute Gasteiger partial charge is 0.311 e. The van der Waals surface area contributed by atoms with E-state index in [0.29, 0.717) is 5.56 Å². The minimum Gasteiger partial charge on any atom is -0.311 e. The molecular weight excluding hydrogens is 1170 g/mol. The third-order valence-corrected chi connectivity index (χ3v) is 21.1. The molecule has 4 heterocycles. The number of nitriles is 1. The molecule has 0 aliphatic carbocycles. The fourth-order valence-electron chi connectivity index (χ4n) is 15.4. The van der Waals surface area contributed by atoms with Crippen LogP contribution in [0.25, 0.3) is 77.2 Å². The molecule has 482 valence electrons. The third kappa shape index (κ3) is 10.5. The lowest BCUT2D eigenvalue weighted by molar-refractivity contribution is 0.569. The van der Waals surface area contributed by atoms with Gasteiger partial charge in [0.15, 0.2) is 0 Å². The molecular formula is C91H90BN5. The molecule has 2 aliphatic heterocycles. The Labute approximate surface area is 575 Å². The molecule has 0 saturated carbocycles. The van der Waals surface area contributed by atoms with Crippen LogP contribution in [0.15, 0.2) is 218 Å². The number of fused-ring (bicyclic) bond motifs is 10. The molecule has 0 atom stereocenters. The van der Waals surface area contributed by atoms with Crippen molar-refractivity contribution in [1.29, 1.82) is 5.26 Å². The zero-order valence-electron chi connectivity index (χ0n) is 60.1. The van der Waals surface area contributed by atoms with Crippen molar-refractivity contribution >= 4 is 101 Å². The summed E-state index contributed by atoms with van der Waals surface area (Å²) in [6, 6.07) is 86.2. The number of aromatic nitrogens is 2. The summed E-state index contributed by atoms with van der Waals surface area (Å²) in [4.78, 5) is 5.12. The Morgan fingerprint density at radius 2 is 0.742 bits per heavy atom. The maximum absolute atomic E-state index is 12.2. The van der Waals surface area contributed by atoms with Crippen molar-refractivity contribution in [1.82, 2.24) is 9.13 Å². The van der Waals surface area contributed by atoms with Crippen LogP contribution < -0.4 is 26.2 Å². The molecule has 15 rings (SSSR count). The van der Waals surface area contributed by atoms with Crippen LogP contribution in [0.2, 0.25) is 0 Å². The van der Waals surface area contributed by atoms with Crippen LogP contribution in [0.5, 0.6) is 0 Å². The summed E-state index contributed by atoms with van der Waals surface area (Å²) in [5.41, 5.74) is 28.5. The molecule has 0 bridgehead atoms. The number of para-hydroxylation sites is 2. The lowest BCUT2D eigenvalue weighted by Gasteiger charge is -2.46. The van der Waals surface area contributed by atoms with Gasteiger partial charge in [-0.25, -0.2) is 0 Å². The van der Waals surface area contributed by atoms with Crippen molar-refractivity contribution in [3.8, 4) is 39.7 Å². The molecule has 0 N–H and O–H groups in total. The Kier molecular flexibility index (Phi) is 14.4. The molecule has 0 fully saturated rings. The van der Waals surface area contributed by atoms with Gasteiger partial charge < -0.3 is 18.9 Å². The normalized spacial score (nSPS) is 13.6. The number of anilines is 6. The highest BCUT2D eigenvalue weighted by Crippen LogP contribution is 2.52. The first-order valence-electron chi connectivity index (χ1n) is 34.9. The van der Waals surface area contributed by atoms with Crippen LogP contribution in [-0.2, 0) is 32.5 Å². The lowest BCUT2D eigenvalue weighted by Crippen LogP contribution is -2.61. The number of hydrogen-bond donors (Lipinski definition) is 0. The van der Waals surface area contributed by atoms with Crippen LogP contribution in [0.3, 0.4) is 0 Å². The van der Waals surface area contributed by atoms with Gasteiger partial charge in [0.2, 0.25) is 0 Å². The van der Waals surface area contributed by atoms with E-state index in [1.165, 1.54) is 77.1 Å². The Bertz CT molecular complexity index is 5270. The van der Waals surface area contributed by atoms with Crippen LogP contribution in [0, 0.1) is 11.3 Å². The molecule has 11 aromatic carbocycles. The first kappa shape index (κ1) is 63.2. The highest BCUT2D eigenvalue weighted by Gasteiger charge is 2.46. The van der Waals surface area contributed by atoms with Gasteiger partial charge in [-0.3, -0.25) is 0 Å². The van der Waals surface area contributed by atoms with Crippen molar-refractivity contribution in [3.63, 3.8) is 0 Å². The zero-order valence-corrected chi connectivity index (χ0v) is 60.1. The maximum atomic E-state index is 12.2. The first-order chi connectivity index (χ1) is 45.9. The fraction of sp³-hybridized carbons (Fsp3) is 0.264. The van der Waals surface area contributed by atoms with Gasteiger partial charge in [-0.1, -0.05) is 252 Å². The summed E-state index contributed by atoms with van der Waals surface area (Å²) in [5.74, 6) is 0. The van der Waals surface area contributed by atoms with Crippen LogP contribution in [-0.4, -0.2) is 15.8 Å². The molecule has 6 heteroatoms. The molecule has 13 aromatic rings. The van der Waals surface area contributed by atoms with Crippen molar-refractivity contribution in [2.24, 2.45) is 0 Å². The maximum Gasteiger partial charge on any atom is 0.252 e. The van der Waals surface area contributed by atoms with E-state index in [2.05, 4.69) is 368 Å². The molecule has 0 spiro atoms. The third-order valence-electron chi connectivity index (χ3n) is 21.1. The van der Waals surface area contributed by atoms with Gasteiger partial charge in [0.1, 0.15) is 11.6 Å². The van der Waals surface area contributed by atoms with Gasteiger partial charge in [0.25, 0.3) is 6.71 Å². The lowest BCUT2D eigenvalue weighted by atomic mass is 9.33. The molecule has 0 unspecified atom stereocenters. The average Bonchev–Trinajstić information content (AvgIpc) is 1.16. The SMILES string of the molecule is CC(C)(C)c1cc(-c2ccc3c(c2)N(c2cccc(-n4c5ccccc5c5ccccc54)c2C#N)c2cc(C(C)(C)C)cc4c2B3c2ccc(-n3c5ccc(C(C)(C)C)cc5c5cc(C(C)(C)C)ccc53)cc2N4c2ccc(C(C)(C)C)cc2-c2ccccc2)cc(C(C)(C)C)c1. The summed E-state index contributed by atoms with van der Waals surface area (Å²) in [7, 11) is 0. The summed E-state index contributed by atoms with van der Waals surface area (Å²) in [5, 5.41) is 17.1. The molecule has 2 aliphatic rings. The highest BCUT2D eigenvalue weighted by atomic mass is 15.2. The predicted octanol–water partition coefficient (Wildman–Crippen LogP) is 23.0. The van der Waals surface area contributed by atoms with E-state index in [1.807, 2.05) is 0 Å². The van der Waals surface area contributed by atoms with Crippen molar-refractivity contribution < 1.29 is 0 Å². The average molecular weight is 1260 g/mol. The monoisotopic (exact) mass is 1260 g/mol. The summed E-state index contributed by atoms with van der Waals surface area (Å²) in [6.45, 7) is 41.7. The Hall–Kier alpha value is -9.83. The van der Waals surface area contributed by atoms with Crippen molar-refractivity contribution in [2.45, 2.75) is 157 Å². The minimum atomic E-state index is -0.318. The van der Waals surface area contributed by atoms with Gasteiger partial charge in [-0.15, -0.1) is 0 Å². The smallest absolute Gasteiger partial charge is 0.252 e. The second-order valence-electron chi connectivity index (χ2n) is 33.9. The van der Waals surface area contributed by atoms with E-state index in [4.69, 9.17) is 0 Å². The molecule has 5 nitrogen and oxygen atoms in total. The van der Waals surface area contributed by atoms with Crippen LogP contribution >= 0.6 is 0 Å². The first-order valence-corrected chi connectivity index (χ1v) is 34.9. The predicted molar refractivity (Wildman–Crippen MR) is 417 cm³/mol. The molecule has 2 aromatic heterocycles. The van der Waals surface area contributed by atoms with E-state index in [0.717, 1.165) is 84.0 Å². The van der Waals surface area contributed by atoms with Crippen molar-refractivity contribution in [2.75, 3.05) is 9.80 Å². The van der Waals surface area contributed by atoms with E-state index in [-0.39, 0.29) is 39.2 Å². The number of rotatable bonds is 6. The van der Waals surface area contributed by atoms with E-state index >= 15 is 0 Å². The molecule has 97 heavy (non-hydrogen) atoms. The van der Waals surface area contributed by atoms with Gasteiger partial charge in [0.05, 0.1) is 39.1 Å². The highest BCUT2D eigenvalue weighted by molar-refractivity contribution is 7.00. The number of benzene rings is 11. The summed E-state index contributed by atoms with van der Waals surface area (Å²) >= 11 is 0.